The smallest absolute Gasteiger partial charge is 0.317 e. The van der Waals surface area contributed by atoms with E-state index in [2.05, 4.69) is 31.4 Å². The Balaban J connectivity index is 4.23. The molecule has 0 aromatic rings. The minimum absolute atomic E-state index is 0.0670. The summed E-state index contributed by atoms with van der Waals surface area (Å²) in [6.45, 7) is 14.5. The van der Waals surface area contributed by atoms with Gasteiger partial charge in [0, 0.05) is 43.8 Å². The number of ketones is 1. The summed E-state index contributed by atoms with van der Waals surface area (Å²) in [7, 11) is 0. The van der Waals surface area contributed by atoms with E-state index >= 15 is 0 Å². The molecule has 0 saturated carbocycles. The second kappa shape index (κ2) is 19.9. The number of carbonyl (C=O) groups is 4. The number of amides is 1. The monoisotopic (exact) mass is 560 g/mol. The SMILES string of the molecule is CCC(C)(C)NCCCOCCOCCCNC(=O)CN(CCN(CC(=O)O)CC(=O)C(C)(C)C)CC(=O)O. The normalized spacial score (nSPS) is 12.2. The second-order valence-electron chi connectivity index (χ2n) is 11.3. The van der Waals surface area contributed by atoms with E-state index in [1.807, 2.05) is 0 Å². The van der Waals surface area contributed by atoms with Gasteiger partial charge in [-0.15, -0.1) is 0 Å². The molecule has 1 amide bonds. The highest BCUT2D eigenvalue weighted by Crippen LogP contribution is 2.15. The van der Waals surface area contributed by atoms with Gasteiger partial charge in [0.2, 0.25) is 5.91 Å². The van der Waals surface area contributed by atoms with Crippen LogP contribution < -0.4 is 10.6 Å². The van der Waals surface area contributed by atoms with E-state index in [0.717, 1.165) is 19.4 Å². The molecule has 0 aromatic carbocycles. The molecule has 0 fully saturated rings. The van der Waals surface area contributed by atoms with Crippen LogP contribution >= 0.6 is 0 Å². The predicted molar refractivity (Wildman–Crippen MR) is 149 cm³/mol. The van der Waals surface area contributed by atoms with Crippen LogP contribution in [0.5, 0.6) is 0 Å². The third kappa shape index (κ3) is 21.4. The lowest BCUT2D eigenvalue weighted by Gasteiger charge is -2.27. The van der Waals surface area contributed by atoms with Crippen molar-refractivity contribution in [2.45, 2.75) is 66.3 Å². The molecular formula is C27H52N4O8. The van der Waals surface area contributed by atoms with Crippen molar-refractivity contribution in [3.05, 3.63) is 0 Å². The molecule has 0 aromatic heterocycles. The summed E-state index contributed by atoms with van der Waals surface area (Å²) in [6.07, 6.45) is 2.60. The van der Waals surface area contributed by atoms with Crippen molar-refractivity contribution in [2.24, 2.45) is 5.41 Å². The van der Waals surface area contributed by atoms with E-state index in [4.69, 9.17) is 9.47 Å². The summed E-state index contributed by atoms with van der Waals surface area (Å²) in [4.78, 5) is 50.0. The standard InChI is InChI=1S/C27H52N4O8/c1-7-27(5,6)29-11-9-15-39-17-16-38-14-8-10-28-23(33)19-31(21-25(36)37)13-12-30(20-24(34)35)18-22(32)26(2,3)4/h29H,7-21H2,1-6H3,(H,28,33)(H,34,35)(H,36,37). The first kappa shape index (κ1) is 36.9. The molecule has 39 heavy (non-hydrogen) atoms. The number of nitrogens with zero attached hydrogens (tertiary/aromatic N) is 2. The first-order valence-corrected chi connectivity index (χ1v) is 13.7. The molecule has 12 heteroatoms. The van der Waals surface area contributed by atoms with Crippen molar-refractivity contribution in [1.82, 2.24) is 20.4 Å². The fourth-order valence-electron chi connectivity index (χ4n) is 3.24. The van der Waals surface area contributed by atoms with Crippen molar-refractivity contribution in [3.63, 3.8) is 0 Å². The molecular weight excluding hydrogens is 508 g/mol. The van der Waals surface area contributed by atoms with Gasteiger partial charge in [0.25, 0.3) is 0 Å². The Morgan fingerprint density at radius 3 is 1.67 bits per heavy atom. The van der Waals surface area contributed by atoms with Crippen molar-refractivity contribution in [1.29, 1.82) is 0 Å². The number of hydrogen-bond donors (Lipinski definition) is 4. The number of carbonyl (C=O) groups excluding carboxylic acids is 2. The highest BCUT2D eigenvalue weighted by Gasteiger charge is 2.25. The van der Waals surface area contributed by atoms with E-state index in [1.165, 1.54) is 9.80 Å². The second-order valence-corrected chi connectivity index (χ2v) is 11.3. The highest BCUT2D eigenvalue weighted by molar-refractivity contribution is 5.86. The van der Waals surface area contributed by atoms with Gasteiger partial charge in [-0.1, -0.05) is 27.7 Å². The van der Waals surface area contributed by atoms with Crippen LogP contribution in [0.1, 0.15) is 60.8 Å². The van der Waals surface area contributed by atoms with Gasteiger partial charge < -0.3 is 30.3 Å². The van der Waals surface area contributed by atoms with E-state index < -0.39 is 17.4 Å². The average molecular weight is 561 g/mol. The highest BCUT2D eigenvalue weighted by atomic mass is 16.5. The molecule has 0 unspecified atom stereocenters. The fraction of sp³-hybridized carbons (Fsp3) is 0.852. The van der Waals surface area contributed by atoms with Gasteiger partial charge in [-0.2, -0.15) is 0 Å². The van der Waals surface area contributed by atoms with E-state index in [1.54, 1.807) is 20.8 Å². The lowest BCUT2D eigenvalue weighted by Crippen LogP contribution is -2.46. The number of aliphatic carboxylic acids is 2. The number of carboxylic acid groups (broad SMARTS) is 2. The zero-order valence-electron chi connectivity index (χ0n) is 24.8. The molecule has 0 rings (SSSR count). The van der Waals surface area contributed by atoms with Gasteiger partial charge in [-0.05, 0) is 39.7 Å². The van der Waals surface area contributed by atoms with Crippen molar-refractivity contribution < 1.29 is 38.9 Å². The minimum atomic E-state index is -1.10. The maximum Gasteiger partial charge on any atom is 0.317 e. The largest absolute Gasteiger partial charge is 0.480 e. The Morgan fingerprint density at radius 2 is 1.21 bits per heavy atom. The summed E-state index contributed by atoms with van der Waals surface area (Å²) in [5.41, 5.74) is -0.485. The third-order valence-corrected chi connectivity index (χ3v) is 6.13. The lowest BCUT2D eigenvalue weighted by molar-refractivity contribution is -0.141. The predicted octanol–water partition coefficient (Wildman–Crippen LogP) is 1.08. The Labute approximate surface area is 233 Å². The van der Waals surface area contributed by atoms with Crippen LogP contribution in [-0.4, -0.2) is 128 Å². The first-order chi connectivity index (χ1) is 18.2. The van der Waals surface area contributed by atoms with E-state index in [9.17, 15) is 29.4 Å². The molecule has 0 spiro atoms. The van der Waals surface area contributed by atoms with Gasteiger partial charge in [0.1, 0.15) is 0 Å². The van der Waals surface area contributed by atoms with Crippen molar-refractivity contribution >= 4 is 23.6 Å². The zero-order chi connectivity index (χ0) is 29.9. The van der Waals surface area contributed by atoms with Crippen LogP contribution in [0.3, 0.4) is 0 Å². The van der Waals surface area contributed by atoms with Crippen LogP contribution in [0, 0.1) is 5.41 Å². The lowest BCUT2D eigenvalue weighted by atomic mass is 9.90. The van der Waals surface area contributed by atoms with E-state index in [0.29, 0.717) is 39.4 Å². The van der Waals surface area contributed by atoms with Crippen LogP contribution in [0.15, 0.2) is 0 Å². The Kier molecular flexibility index (Phi) is 18.8. The molecule has 0 aliphatic heterocycles. The number of ether oxygens (including phenoxy) is 2. The van der Waals surface area contributed by atoms with Crippen molar-refractivity contribution in [3.8, 4) is 0 Å². The summed E-state index contributed by atoms with van der Waals surface area (Å²) >= 11 is 0. The fourth-order valence-corrected chi connectivity index (χ4v) is 3.24. The number of rotatable bonds is 24. The van der Waals surface area contributed by atoms with Gasteiger partial charge in [0.15, 0.2) is 5.78 Å². The molecule has 0 atom stereocenters. The Bertz CT molecular complexity index is 740. The van der Waals surface area contributed by atoms with E-state index in [-0.39, 0.29) is 56.5 Å². The molecule has 0 aliphatic rings. The van der Waals surface area contributed by atoms with Crippen LogP contribution in [0.2, 0.25) is 0 Å². The molecule has 4 N–H and O–H groups in total. The molecule has 228 valence electrons. The molecule has 12 nitrogen and oxygen atoms in total. The summed E-state index contributed by atoms with van der Waals surface area (Å²) in [5, 5.41) is 24.6. The molecule has 0 saturated heterocycles. The van der Waals surface area contributed by atoms with Crippen molar-refractivity contribution in [2.75, 3.05) is 78.8 Å². The van der Waals surface area contributed by atoms with Gasteiger partial charge in [-0.3, -0.25) is 29.0 Å². The molecule has 0 bridgehead atoms. The molecule has 0 heterocycles. The quantitative estimate of drug-likeness (QED) is 0.125. The number of Topliss-reactive ketones (excluding diaryl/α,β-unsaturated/α-hetero) is 1. The molecule has 0 radical (unpaired) electrons. The number of carboxylic acids is 2. The maximum atomic E-state index is 12.4. The Morgan fingerprint density at radius 1 is 0.718 bits per heavy atom. The van der Waals surface area contributed by atoms with Gasteiger partial charge >= 0.3 is 11.9 Å². The van der Waals surface area contributed by atoms with Crippen LogP contribution in [0.4, 0.5) is 0 Å². The zero-order valence-corrected chi connectivity index (χ0v) is 24.8. The number of hydrogen-bond acceptors (Lipinski definition) is 9. The average Bonchev–Trinajstić information content (AvgIpc) is 2.81. The number of nitrogens with one attached hydrogen (secondary N) is 2. The summed E-state index contributed by atoms with van der Waals surface area (Å²) in [6, 6.07) is 0. The molecule has 0 aliphatic carbocycles. The van der Waals surface area contributed by atoms with Gasteiger partial charge in [0.05, 0.1) is 39.4 Å². The van der Waals surface area contributed by atoms with Gasteiger partial charge in [-0.25, -0.2) is 0 Å². The third-order valence-electron chi connectivity index (χ3n) is 6.13. The minimum Gasteiger partial charge on any atom is -0.480 e. The maximum absolute atomic E-state index is 12.4. The summed E-state index contributed by atoms with van der Waals surface area (Å²) in [5.74, 6) is -2.65. The first-order valence-electron chi connectivity index (χ1n) is 13.7. The van der Waals surface area contributed by atoms with Crippen LogP contribution in [-0.2, 0) is 28.7 Å². The summed E-state index contributed by atoms with van der Waals surface area (Å²) < 4.78 is 11.1. The topological polar surface area (TPSA) is 158 Å². The Hall–Kier alpha value is -2.12. The van der Waals surface area contributed by atoms with Crippen LogP contribution in [0.25, 0.3) is 0 Å².